The van der Waals surface area contributed by atoms with Crippen LogP contribution in [0.15, 0.2) is 71.9 Å². The van der Waals surface area contributed by atoms with E-state index >= 15 is 0 Å². The summed E-state index contributed by atoms with van der Waals surface area (Å²) in [5, 5.41) is 1.76. The minimum absolute atomic E-state index is 0.0846. The summed E-state index contributed by atoms with van der Waals surface area (Å²) < 4.78 is 24.1. The predicted molar refractivity (Wildman–Crippen MR) is 141 cm³/mol. The Morgan fingerprint density at radius 1 is 1.00 bits per heavy atom. The number of aryl methyl sites for hydroxylation is 1. The molecule has 0 N–H and O–H groups in total. The molecule has 1 aromatic heterocycles. The van der Waals surface area contributed by atoms with Gasteiger partial charge in [-0.3, -0.25) is 4.98 Å². The highest BCUT2D eigenvalue weighted by Crippen LogP contribution is 2.35. The predicted octanol–water partition coefficient (Wildman–Crippen LogP) is 4.83. The van der Waals surface area contributed by atoms with Gasteiger partial charge in [-0.15, -0.1) is 5.06 Å². The summed E-state index contributed by atoms with van der Waals surface area (Å²) in [7, 11) is -3.37. The molecule has 0 saturated carbocycles. The zero-order valence-corrected chi connectivity index (χ0v) is 22.2. The van der Waals surface area contributed by atoms with Crippen LogP contribution in [0.25, 0.3) is 11.1 Å². The number of benzene rings is 2. The van der Waals surface area contributed by atoms with Gasteiger partial charge in [-0.25, -0.2) is 13.2 Å². The molecule has 0 aliphatic carbocycles. The SMILES string of the molecule is Cc1ccccc1N1CCN(OC(=O)C(C)(C)C)CC1c1cccc(-c2cncc(S(C)(=O)=O)c2)c1. The highest BCUT2D eigenvalue weighted by Gasteiger charge is 2.33. The molecule has 1 fully saturated rings. The number of aromatic nitrogens is 1. The van der Waals surface area contributed by atoms with E-state index in [4.69, 9.17) is 4.84 Å². The Kier molecular flexibility index (Phi) is 7.20. The third-order valence-electron chi connectivity index (χ3n) is 6.34. The lowest BCUT2D eigenvalue weighted by Gasteiger charge is -2.43. The number of carbonyl (C=O) groups excluding carboxylic acids is 1. The van der Waals surface area contributed by atoms with Gasteiger partial charge >= 0.3 is 5.97 Å². The van der Waals surface area contributed by atoms with Crippen LogP contribution in [-0.2, 0) is 19.5 Å². The summed E-state index contributed by atoms with van der Waals surface area (Å²) in [5.74, 6) is -0.261. The first kappa shape index (κ1) is 25.9. The van der Waals surface area contributed by atoms with Crippen LogP contribution >= 0.6 is 0 Å². The van der Waals surface area contributed by atoms with Gasteiger partial charge in [0, 0.05) is 36.4 Å². The van der Waals surface area contributed by atoms with E-state index in [-0.39, 0.29) is 16.9 Å². The number of nitrogens with zero attached hydrogens (tertiary/aromatic N) is 3. The van der Waals surface area contributed by atoms with Crippen molar-refractivity contribution in [3.63, 3.8) is 0 Å². The highest BCUT2D eigenvalue weighted by molar-refractivity contribution is 7.90. The van der Waals surface area contributed by atoms with Crippen molar-refractivity contribution in [1.29, 1.82) is 0 Å². The van der Waals surface area contributed by atoms with E-state index in [1.54, 1.807) is 17.3 Å². The average molecular weight is 508 g/mol. The van der Waals surface area contributed by atoms with Crippen LogP contribution in [0, 0.1) is 12.3 Å². The van der Waals surface area contributed by atoms with Crippen molar-refractivity contribution in [1.82, 2.24) is 10.0 Å². The average Bonchev–Trinajstić information content (AvgIpc) is 2.83. The number of piperazine rings is 1. The van der Waals surface area contributed by atoms with Gasteiger partial charge in [-0.2, -0.15) is 0 Å². The van der Waals surface area contributed by atoms with Gasteiger partial charge in [0.15, 0.2) is 9.84 Å². The maximum atomic E-state index is 12.6. The van der Waals surface area contributed by atoms with Crippen molar-refractivity contribution in [3.8, 4) is 11.1 Å². The van der Waals surface area contributed by atoms with Crippen LogP contribution in [-0.4, -0.2) is 50.3 Å². The zero-order valence-electron chi connectivity index (χ0n) is 21.4. The lowest BCUT2D eigenvalue weighted by Crippen LogP contribution is -2.50. The van der Waals surface area contributed by atoms with E-state index in [0.717, 1.165) is 22.4 Å². The molecule has 3 aromatic rings. The number of carbonyl (C=O) groups is 1. The molecule has 2 heterocycles. The van der Waals surface area contributed by atoms with E-state index in [0.29, 0.717) is 19.6 Å². The van der Waals surface area contributed by atoms with Gasteiger partial charge in [-0.05, 0) is 62.6 Å². The molecular weight excluding hydrogens is 474 g/mol. The summed E-state index contributed by atoms with van der Waals surface area (Å²) in [4.78, 5) is 25.1. The van der Waals surface area contributed by atoms with Crippen molar-refractivity contribution < 1.29 is 18.0 Å². The Morgan fingerprint density at radius 3 is 2.44 bits per heavy atom. The van der Waals surface area contributed by atoms with Gasteiger partial charge in [0.2, 0.25) is 0 Å². The lowest BCUT2D eigenvalue weighted by atomic mass is 9.96. The highest BCUT2D eigenvalue weighted by atomic mass is 32.2. The number of hydroxylamine groups is 2. The Morgan fingerprint density at radius 2 is 1.75 bits per heavy atom. The molecule has 7 nitrogen and oxygen atoms in total. The Hall–Kier alpha value is -3.23. The quantitative estimate of drug-likeness (QED) is 0.489. The van der Waals surface area contributed by atoms with Crippen molar-refractivity contribution in [2.24, 2.45) is 5.41 Å². The first-order valence-electron chi connectivity index (χ1n) is 12.0. The number of hydrogen-bond acceptors (Lipinski definition) is 7. The van der Waals surface area contributed by atoms with E-state index in [1.165, 1.54) is 18.0 Å². The van der Waals surface area contributed by atoms with Gasteiger partial charge in [0.05, 0.1) is 29.4 Å². The lowest BCUT2D eigenvalue weighted by molar-refractivity contribution is -0.203. The van der Waals surface area contributed by atoms with Crippen LogP contribution in [0.2, 0.25) is 0 Å². The molecule has 2 aromatic carbocycles. The smallest absolute Gasteiger partial charge is 0.330 e. The fourth-order valence-corrected chi connectivity index (χ4v) is 4.85. The third-order valence-corrected chi connectivity index (χ3v) is 7.42. The van der Waals surface area contributed by atoms with Crippen molar-refractivity contribution in [3.05, 3.63) is 78.1 Å². The van der Waals surface area contributed by atoms with Crippen molar-refractivity contribution in [2.45, 2.75) is 38.6 Å². The molecule has 0 radical (unpaired) electrons. The molecule has 0 bridgehead atoms. The van der Waals surface area contributed by atoms with Crippen molar-refractivity contribution in [2.75, 3.05) is 30.8 Å². The van der Waals surface area contributed by atoms with Crippen molar-refractivity contribution >= 4 is 21.5 Å². The molecule has 1 unspecified atom stereocenters. The summed E-state index contributed by atoms with van der Waals surface area (Å²) in [6, 6.07) is 17.9. The zero-order chi connectivity index (χ0) is 26.1. The second-order valence-electron chi connectivity index (χ2n) is 10.3. The Balaban J connectivity index is 1.72. The first-order valence-corrected chi connectivity index (χ1v) is 13.9. The molecular formula is C28H33N3O4S. The van der Waals surface area contributed by atoms with Gasteiger partial charge in [-0.1, -0.05) is 36.4 Å². The summed E-state index contributed by atoms with van der Waals surface area (Å²) in [6.07, 6.45) is 4.22. The summed E-state index contributed by atoms with van der Waals surface area (Å²) >= 11 is 0. The van der Waals surface area contributed by atoms with E-state index in [1.807, 2.05) is 45.0 Å². The molecule has 4 rings (SSSR count). The largest absolute Gasteiger partial charge is 0.367 e. The Bertz CT molecular complexity index is 1360. The van der Waals surface area contributed by atoms with Gasteiger partial charge in [0.1, 0.15) is 0 Å². The topological polar surface area (TPSA) is 79.8 Å². The minimum atomic E-state index is -3.37. The first-order chi connectivity index (χ1) is 16.9. The number of para-hydroxylation sites is 1. The monoisotopic (exact) mass is 507 g/mol. The normalized spacial score (nSPS) is 17.1. The Labute approximate surface area is 213 Å². The second kappa shape index (κ2) is 10.0. The van der Waals surface area contributed by atoms with Gasteiger partial charge in [0.25, 0.3) is 0 Å². The van der Waals surface area contributed by atoms with Crippen LogP contribution < -0.4 is 4.90 Å². The molecule has 0 amide bonds. The molecule has 190 valence electrons. The number of anilines is 1. The number of pyridine rings is 1. The van der Waals surface area contributed by atoms with Crippen LogP contribution in [0.5, 0.6) is 0 Å². The van der Waals surface area contributed by atoms with E-state index in [2.05, 4.69) is 41.1 Å². The molecule has 1 saturated heterocycles. The fraction of sp³-hybridized carbons (Fsp3) is 0.357. The van der Waals surface area contributed by atoms with E-state index in [9.17, 15) is 13.2 Å². The molecule has 0 spiro atoms. The molecule has 1 aliphatic rings. The maximum Gasteiger partial charge on any atom is 0.330 e. The van der Waals surface area contributed by atoms with Gasteiger partial charge < -0.3 is 9.74 Å². The van der Waals surface area contributed by atoms with Crippen LogP contribution in [0.4, 0.5) is 5.69 Å². The van der Waals surface area contributed by atoms with Crippen LogP contribution in [0.1, 0.15) is 37.9 Å². The number of hydrogen-bond donors (Lipinski definition) is 0. The van der Waals surface area contributed by atoms with Crippen LogP contribution in [0.3, 0.4) is 0 Å². The number of sulfone groups is 1. The molecule has 1 aliphatic heterocycles. The second-order valence-corrected chi connectivity index (χ2v) is 12.3. The third kappa shape index (κ3) is 5.77. The fourth-order valence-electron chi connectivity index (χ4n) is 4.26. The summed E-state index contributed by atoms with van der Waals surface area (Å²) in [5.41, 5.74) is 4.35. The molecule has 8 heteroatoms. The number of rotatable bonds is 5. The minimum Gasteiger partial charge on any atom is -0.367 e. The molecule has 1 atom stereocenters. The maximum absolute atomic E-state index is 12.6. The molecule has 36 heavy (non-hydrogen) atoms. The van der Waals surface area contributed by atoms with E-state index < -0.39 is 15.3 Å². The summed E-state index contributed by atoms with van der Waals surface area (Å²) in [6.45, 7) is 9.41. The standard InChI is InChI=1S/C28H33N3O4S/c1-20-9-6-7-12-25(20)31-14-13-30(35-27(32)28(2,3)4)19-26(31)22-11-8-10-21(15-22)23-16-24(18-29-17-23)36(5,33)34/h6-12,15-18,26H,13-14,19H2,1-5H3.